The molecule has 0 amide bonds. The van der Waals surface area contributed by atoms with Crippen molar-refractivity contribution in [1.82, 2.24) is 0 Å². The summed E-state index contributed by atoms with van der Waals surface area (Å²) < 4.78 is 1.19. The van der Waals surface area contributed by atoms with Crippen molar-refractivity contribution in [2.24, 2.45) is 5.11 Å². The minimum absolute atomic E-state index is 0.147. The van der Waals surface area contributed by atoms with Crippen LogP contribution in [0.25, 0.3) is 20.5 Å². The fraction of sp³-hybridized carbons (Fsp3) is 0.250. The van der Waals surface area contributed by atoms with Crippen LogP contribution in [0.5, 0.6) is 0 Å². The van der Waals surface area contributed by atoms with E-state index in [2.05, 4.69) is 10.0 Å². The van der Waals surface area contributed by atoms with E-state index in [0.717, 1.165) is 10.9 Å². The zero-order valence-corrected chi connectivity index (χ0v) is 10.3. The van der Waals surface area contributed by atoms with Crippen molar-refractivity contribution in [3.8, 4) is 0 Å². The van der Waals surface area contributed by atoms with E-state index in [-0.39, 0.29) is 6.42 Å². The number of rotatable bonds is 5. The Kier molecular flexibility index (Phi) is 3.82. The van der Waals surface area contributed by atoms with Gasteiger partial charge in [0.25, 0.3) is 0 Å². The van der Waals surface area contributed by atoms with Crippen molar-refractivity contribution in [2.45, 2.75) is 18.9 Å². The Morgan fingerprint density at radius 3 is 3.06 bits per heavy atom. The smallest absolute Gasteiger partial charge is 0.303 e. The quantitative estimate of drug-likeness (QED) is 0.506. The van der Waals surface area contributed by atoms with Gasteiger partial charge >= 0.3 is 5.97 Å². The lowest BCUT2D eigenvalue weighted by Gasteiger charge is -2.08. The maximum atomic E-state index is 10.7. The highest BCUT2D eigenvalue weighted by molar-refractivity contribution is 7.17. The van der Waals surface area contributed by atoms with E-state index in [1.807, 2.05) is 29.6 Å². The van der Waals surface area contributed by atoms with Crippen LogP contribution in [-0.4, -0.2) is 17.1 Å². The van der Waals surface area contributed by atoms with Gasteiger partial charge in [-0.05, 0) is 40.4 Å². The molecule has 18 heavy (non-hydrogen) atoms. The first-order valence-electron chi connectivity index (χ1n) is 5.41. The number of aliphatic carboxylic acids is 1. The summed E-state index contributed by atoms with van der Waals surface area (Å²) in [5.74, 6) is -0.955. The van der Waals surface area contributed by atoms with Gasteiger partial charge in [-0.3, -0.25) is 4.79 Å². The summed E-state index contributed by atoms with van der Waals surface area (Å²) in [7, 11) is 0. The zero-order chi connectivity index (χ0) is 13.0. The lowest BCUT2D eigenvalue weighted by molar-refractivity contribution is -0.137. The van der Waals surface area contributed by atoms with Crippen LogP contribution in [0.2, 0.25) is 0 Å². The van der Waals surface area contributed by atoms with Crippen LogP contribution in [-0.2, 0) is 11.2 Å². The minimum atomic E-state index is -0.955. The van der Waals surface area contributed by atoms with Crippen LogP contribution in [0, 0.1) is 0 Å². The average molecular weight is 261 g/mol. The first-order chi connectivity index (χ1) is 8.69. The highest BCUT2D eigenvalue weighted by Gasteiger charge is 2.12. The molecule has 1 atom stereocenters. The summed E-state index contributed by atoms with van der Waals surface area (Å²) >= 11 is 1.66. The Hall–Kier alpha value is -2.04. The van der Waals surface area contributed by atoms with E-state index in [0.29, 0.717) is 6.42 Å². The molecule has 1 aromatic heterocycles. The second-order valence-electron chi connectivity index (χ2n) is 3.95. The molecular formula is C12H11N3O2S. The number of fused-ring (bicyclic) bond motifs is 1. The monoisotopic (exact) mass is 261 g/mol. The molecule has 0 saturated heterocycles. The number of benzene rings is 1. The zero-order valence-electron chi connectivity index (χ0n) is 9.48. The molecule has 0 bridgehead atoms. The first-order valence-corrected chi connectivity index (χ1v) is 6.29. The molecule has 1 heterocycles. The van der Waals surface area contributed by atoms with Gasteiger partial charge in [0, 0.05) is 9.61 Å². The maximum absolute atomic E-state index is 10.7. The van der Waals surface area contributed by atoms with Crippen LogP contribution >= 0.6 is 11.3 Å². The van der Waals surface area contributed by atoms with Crippen LogP contribution in [0.15, 0.2) is 34.8 Å². The van der Waals surface area contributed by atoms with Crippen LogP contribution in [0.3, 0.4) is 0 Å². The molecule has 2 rings (SSSR count). The highest BCUT2D eigenvalue weighted by Crippen LogP contribution is 2.23. The molecular weight excluding hydrogens is 250 g/mol. The van der Waals surface area contributed by atoms with E-state index in [1.54, 1.807) is 11.3 Å². The molecule has 0 fully saturated rings. The Balaban J connectivity index is 2.19. The molecule has 6 heteroatoms. The van der Waals surface area contributed by atoms with Crippen molar-refractivity contribution in [2.75, 3.05) is 0 Å². The number of hydrogen-bond acceptors (Lipinski definition) is 3. The second-order valence-corrected chi connectivity index (χ2v) is 4.90. The van der Waals surface area contributed by atoms with Crippen molar-refractivity contribution < 1.29 is 9.90 Å². The normalized spacial score (nSPS) is 12.0. The summed E-state index contributed by atoms with van der Waals surface area (Å²) in [6, 6.07) is 7.43. The summed E-state index contributed by atoms with van der Waals surface area (Å²) in [6.07, 6.45) is 0.299. The second kappa shape index (κ2) is 5.53. The Morgan fingerprint density at radius 2 is 2.33 bits per heavy atom. The molecule has 0 radical (unpaired) electrons. The van der Waals surface area contributed by atoms with Gasteiger partial charge < -0.3 is 5.11 Å². The molecule has 1 aromatic carbocycles. The van der Waals surface area contributed by atoms with Crippen LogP contribution in [0.4, 0.5) is 0 Å². The number of nitrogens with zero attached hydrogens (tertiary/aromatic N) is 3. The lowest BCUT2D eigenvalue weighted by Crippen LogP contribution is -2.13. The van der Waals surface area contributed by atoms with Crippen LogP contribution in [0.1, 0.15) is 12.0 Å². The van der Waals surface area contributed by atoms with Crippen LogP contribution < -0.4 is 0 Å². The van der Waals surface area contributed by atoms with E-state index in [9.17, 15) is 4.79 Å². The van der Waals surface area contributed by atoms with Gasteiger partial charge in [0.05, 0.1) is 12.5 Å². The van der Waals surface area contributed by atoms with Crippen molar-refractivity contribution in [3.05, 3.63) is 45.7 Å². The average Bonchev–Trinajstić information content (AvgIpc) is 2.75. The van der Waals surface area contributed by atoms with Gasteiger partial charge in [-0.25, -0.2) is 0 Å². The Morgan fingerprint density at radius 1 is 1.50 bits per heavy atom. The minimum Gasteiger partial charge on any atom is -0.481 e. The van der Waals surface area contributed by atoms with Gasteiger partial charge in [0.1, 0.15) is 0 Å². The molecule has 0 aliphatic carbocycles. The summed E-state index contributed by atoms with van der Waals surface area (Å²) in [4.78, 5) is 13.4. The van der Waals surface area contributed by atoms with Gasteiger partial charge in [0.2, 0.25) is 0 Å². The number of carboxylic acids is 1. The van der Waals surface area contributed by atoms with E-state index in [1.165, 1.54) is 4.70 Å². The van der Waals surface area contributed by atoms with Crippen molar-refractivity contribution >= 4 is 27.4 Å². The summed E-state index contributed by atoms with van der Waals surface area (Å²) in [5, 5.41) is 15.4. The fourth-order valence-corrected chi connectivity index (χ4v) is 2.61. The molecule has 0 aliphatic rings. The number of hydrogen-bond donors (Lipinski definition) is 1. The van der Waals surface area contributed by atoms with E-state index < -0.39 is 12.0 Å². The van der Waals surface area contributed by atoms with Gasteiger partial charge in [-0.15, -0.1) is 11.3 Å². The number of carbonyl (C=O) groups is 1. The molecule has 0 spiro atoms. The third kappa shape index (κ3) is 3.00. The standard InChI is InChI=1S/C12H11N3O2S/c13-15-14-10(7-12(16)17)6-8-1-2-11-9(5-8)3-4-18-11/h1-5,10H,6-7H2,(H,16,17)/t10-/m1/s1. The number of azide groups is 1. The fourth-order valence-electron chi connectivity index (χ4n) is 1.84. The number of thiophene rings is 1. The molecule has 0 saturated carbocycles. The van der Waals surface area contributed by atoms with Gasteiger partial charge in [-0.1, -0.05) is 17.2 Å². The van der Waals surface area contributed by atoms with Crippen molar-refractivity contribution in [3.63, 3.8) is 0 Å². The largest absolute Gasteiger partial charge is 0.481 e. The Labute approximate surface area is 107 Å². The maximum Gasteiger partial charge on any atom is 0.303 e. The molecule has 0 unspecified atom stereocenters. The van der Waals surface area contributed by atoms with E-state index in [4.69, 9.17) is 10.6 Å². The molecule has 92 valence electrons. The Bertz CT molecular complexity index is 617. The molecule has 5 nitrogen and oxygen atoms in total. The molecule has 1 N–H and O–H groups in total. The molecule has 2 aromatic rings. The third-order valence-electron chi connectivity index (χ3n) is 2.61. The third-order valence-corrected chi connectivity index (χ3v) is 3.51. The van der Waals surface area contributed by atoms with Gasteiger partial charge in [0.15, 0.2) is 0 Å². The summed E-state index contributed by atoms with van der Waals surface area (Å²) in [5.41, 5.74) is 9.42. The van der Waals surface area contributed by atoms with Crippen molar-refractivity contribution in [1.29, 1.82) is 0 Å². The van der Waals surface area contributed by atoms with Gasteiger partial charge in [-0.2, -0.15) is 0 Å². The van der Waals surface area contributed by atoms with E-state index >= 15 is 0 Å². The lowest BCUT2D eigenvalue weighted by atomic mass is 10.0. The number of carboxylic acid groups (broad SMARTS) is 1. The predicted molar refractivity (Wildman–Crippen MR) is 70.7 cm³/mol. The first kappa shape index (κ1) is 12.4. The topological polar surface area (TPSA) is 86.1 Å². The highest BCUT2D eigenvalue weighted by atomic mass is 32.1. The predicted octanol–water partition coefficient (Wildman–Crippen LogP) is 3.60. The summed E-state index contributed by atoms with van der Waals surface area (Å²) in [6.45, 7) is 0. The SMILES string of the molecule is [N-]=[N+]=N[C@@H](CC(=O)O)Cc1ccc2sccc2c1. The molecule has 0 aliphatic heterocycles.